The number of esters is 1. The molecule has 0 radical (unpaired) electrons. The van der Waals surface area contributed by atoms with Crippen LogP contribution in [0.5, 0.6) is 0 Å². The van der Waals surface area contributed by atoms with Crippen LogP contribution in [0.3, 0.4) is 0 Å². The van der Waals surface area contributed by atoms with Crippen molar-refractivity contribution in [1.82, 2.24) is 5.32 Å². The highest BCUT2D eigenvalue weighted by molar-refractivity contribution is 5.92. The summed E-state index contributed by atoms with van der Waals surface area (Å²) in [6.45, 7) is 9.21. The zero-order valence-electron chi connectivity index (χ0n) is 23.8. The summed E-state index contributed by atoms with van der Waals surface area (Å²) < 4.78 is 5.47. The van der Waals surface area contributed by atoms with Crippen molar-refractivity contribution < 1.29 is 29.0 Å². The first-order chi connectivity index (χ1) is 18.3. The quantitative estimate of drug-likeness (QED) is 0.294. The normalized spacial score (nSPS) is 13.8. The maximum Gasteiger partial charge on any atom is 0.307 e. The summed E-state index contributed by atoms with van der Waals surface area (Å²) in [5.74, 6) is -3.75. The second-order valence-electron chi connectivity index (χ2n) is 11.6. The average molecular weight is 538 g/mol. The molecular formula is C32H43NO6. The number of nitrogens with one attached hydrogen (secondary N) is 1. The van der Waals surface area contributed by atoms with Gasteiger partial charge in [0.1, 0.15) is 5.60 Å². The van der Waals surface area contributed by atoms with Gasteiger partial charge in [0.05, 0.1) is 18.4 Å². The number of hydrogen-bond donors (Lipinski definition) is 2. The molecule has 0 fully saturated rings. The maximum atomic E-state index is 13.5. The Bertz CT molecular complexity index is 1070. The Kier molecular flexibility index (Phi) is 12.4. The van der Waals surface area contributed by atoms with Gasteiger partial charge in [0.2, 0.25) is 5.91 Å². The van der Waals surface area contributed by atoms with Gasteiger partial charge in [-0.15, -0.1) is 0 Å². The van der Waals surface area contributed by atoms with E-state index in [1.165, 1.54) is 0 Å². The van der Waals surface area contributed by atoms with E-state index in [1.807, 2.05) is 74.5 Å². The fourth-order valence-electron chi connectivity index (χ4n) is 4.46. The largest absolute Gasteiger partial charge is 0.481 e. The molecule has 212 valence electrons. The van der Waals surface area contributed by atoms with Crippen LogP contribution in [0.25, 0.3) is 0 Å². The highest BCUT2D eigenvalue weighted by Gasteiger charge is 2.31. The zero-order chi connectivity index (χ0) is 29.0. The lowest BCUT2D eigenvalue weighted by atomic mass is 9.89. The van der Waals surface area contributed by atoms with Crippen molar-refractivity contribution in [1.29, 1.82) is 0 Å². The molecular weight excluding hydrogens is 494 g/mol. The summed E-state index contributed by atoms with van der Waals surface area (Å²) in [6, 6.07) is 18.0. The molecule has 0 aromatic heterocycles. The number of hydrogen-bond acceptors (Lipinski definition) is 5. The molecule has 0 aliphatic heterocycles. The Balaban J connectivity index is 2.17. The van der Waals surface area contributed by atoms with E-state index >= 15 is 0 Å². The van der Waals surface area contributed by atoms with Gasteiger partial charge in [-0.2, -0.15) is 0 Å². The topological polar surface area (TPSA) is 110 Å². The Morgan fingerprint density at radius 3 is 1.92 bits per heavy atom. The van der Waals surface area contributed by atoms with E-state index in [0.717, 1.165) is 11.1 Å². The highest BCUT2D eigenvalue weighted by atomic mass is 16.6. The van der Waals surface area contributed by atoms with Crippen LogP contribution in [-0.2, 0) is 36.8 Å². The molecule has 0 unspecified atom stereocenters. The third-order valence-corrected chi connectivity index (χ3v) is 6.36. The summed E-state index contributed by atoms with van der Waals surface area (Å²) in [6.07, 6.45) is 1.29. The van der Waals surface area contributed by atoms with Crippen LogP contribution in [-0.4, -0.2) is 40.4 Å². The molecule has 0 spiro atoms. The molecule has 7 heteroatoms. The number of aliphatic carboxylic acids is 1. The van der Waals surface area contributed by atoms with Crippen LogP contribution in [0.1, 0.15) is 71.4 Å². The first-order valence-corrected chi connectivity index (χ1v) is 13.7. The number of carboxylic acids is 1. The van der Waals surface area contributed by atoms with Gasteiger partial charge in [0.25, 0.3) is 0 Å². The van der Waals surface area contributed by atoms with Crippen LogP contribution >= 0.6 is 0 Å². The van der Waals surface area contributed by atoms with Crippen molar-refractivity contribution in [2.24, 2.45) is 17.8 Å². The Morgan fingerprint density at radius 2 is 1.41 bits per heavy atom. The van der Waals surface area contributed by atoms with E-state index in [1.54, 1.807) is 20.8 Å². The van der Waals surface area contributed by atoms with Crippen LogP contribution < -0.4 is 5.32 Å². The summed E-state index contributed by atoms with van der Waals surface area (Å²) in [4.78, 5) is 51.5. The third kappa shape index (κ3) is 12.3. The number of carbonyl (C=O) groups is 4. The van der Waals surface area contributed by atoms with Crippen LogP contribution in [0.15, 0.2) is 60.7 Å². The van der Waals surface area contributed by atoms with E-state index in [4.69, 9.17) is 4.74 Å². The molecule has 0 saturated heterocycles. The zero-order valence-corrected chi connectivity index (χ0v) is 23.8. The van der Waals surface area contributed by atoms with Gasteiger partial charge in [0.15, 0.2) is 5.78 Å². The molecule has 0 saturated carbocycles. The summed E-state index contributed by atoms with van der Waals surface area (Å²) >= 11 is 0. The number of carboxylic acid groups (broad SMARTS) is 1. The SMILES string of the molecule is CC(C)C[C@H](NC(=O)[C@@H](CCc1ccccc1)CC(=O)OC(C)(C)C)C(=O)C[C@@H](Cc1ccccc1)C(=O)O. The minimum absolute atomic E-state index is 0.0882. The van der Waals surface area contributed by atoms with Gasteiger partial charge in [0, 0.05) is 12.3 Å². The van der Waals surface area contributed by atoms with Gasteiger partial charge in [-0.1, -0.05) is 74.5 Å². The fourth-order valence-corrected chi connectivity index (χ4v) is 4.46. The lowest BCUT2D eigenvalue weighted by molar-refractivity contribution is -0.157. The number of aryl methyl sites for hydroxylation is 1. The van der Waals surface area contributed by atoms with Gasteiger partial charge >= 0.3 is 11.9 Å². The second-order valence-corrected chi connectivity index (χ2v) is 11.6. The predicted octanol–water partition coefficient (Wildman–Crippen LogP) is 5.40. The van der Waals surface area contributed by atoms with Crippen LogP contribution in [0, 0.1) is 17.8 Å². The van der Waals surface area contributed by atoms with Gasteiger partial charge in [-0.3, -0.25) is 19.2 Å². The number of Topliss-reactive ketones (excluding diaryl/α,β-unsaturated/α-hetero) is 1. The van der Waals surface area contributed by atoms with E-state index in [2.05, 4.69) is 5.32 Å². The summed E-state index contributed by atoms with van der Waals surface area (Å²) in [5.41, 5.74) is 1.19. The first kappa shape index (κ1) is 31.7. The van der Waals surface area contributed by atoms with Gasteiger partial charge in [-0.25, -0.2) is 0 Å². The van der Waals surface area contributed by atoms with E-state index in [9.17, 15) is 24.3 Å². The molecule has 0 aliphatic rings. The van der Waals surface area contributed by atoms with Crippen LogP contribution in [0.2, 0.25) is 0 Å². The number of carbonyl (C=O) groups excluding carboxylic acids is 3. The Morgan fingerprint density at radius 1 is 0.846 bits per heavy atom. The number of ether oxygens (including phenoxy) is 1. The molecule has 2 rings (SSSR count). The standard InChI is InChI=1S/C32H43NO6/c1-22(2)18-27(28(34)20-26(31(37)38)19-24-14-10-7-11-15-24)33-30(36)25(21-29(35)39-32(3,4)5)17-16-23-12-8-6-9-13-23/h6-15,22,25-27H,16-21H2,1-5H3,(H,33,36)(H,37,38)/t25-,26+,27-/m0/s1. The minimum Gasteiger partial charge on any atom is -0.481 e. The first-order valence-electron chi connectivity index (χ1n) is 13.7. The molecule has 1 amide bonds. The van der Waals surface area contributed by atoms with Crippen molar-refractivity contribution >= 4 is 23.6 Å². The highest BCUT2D eigenvalue weighted by Crippen LogP contribution is 2.20. The van der Waals surface area contributed by atoms with E-state index in [-0.39, 0.29) is 31.0 Å². The van der Waals surface area contributed by atoms with Gasteiger partial charge < -0.3 is 15.2 Å². The Labute approximate surface area is 232 Å². The predicted molar refractivity (Wildman–Crippen MR) is 151 cm³/mol. The monoisotopic (exact) mass is 537 g/mol. The number of ketones is 1. The lowest BCUT2D eigenvalue weighted by Crippen LogP contribution is -2.46. The lowest BCUT2D eigenvalue weighted by Gasteiger charge is -2.25. The van der Waals surface area contributed by atoms with Crippen molar-refractivity contribution in [2.45, 2.75) is 84.8 Å². The number of benzene rings is 2. The molecule has 3 atom stereocenters. The average Bonchev–Trinajstić information content (AvgIpc) is 2.85. The van der Waals surface area contributed by atoms with Crippen molar-refractivity contribution in [3.63, 3.8) is 0 Å². The molecule has 2 aromatic carbocycles. The second kappa shape index (κ2) is 15.2. The molecule has 2 aromatic rings. The molecule has 0 heterocycles. The number of amides is 1. The maximum absolute atomic E-state index is 13.5. The van der Waals surface area contributed by atoms with Gasteiger partial charge in [-0.05, 0) is 63.5 Å². The van der Waals surface area contributed by atoms with Crippen LogP contribution in [0.4, 0.5) is 0 Å². The minimum atomic E-state index is -1.05. The smallest absolute Gasteiger partial charge is 0.307 e. The molecule has 39 heavy (non-hydrogen) atoms. The van der Waals surface area contributed by atoms with E-state index < -0.39 is 41.3 Å². The molecule has 2 N–H and O–H groups in total. The van der Waals surface area contributed by atoms with Crippen molar-refractivity contribution in [3.8, 4) is 0 Å². The molecule has 7 nitrogen and oxygen atoms in total. The van der Waals surface area contributed by atoms with E-state index in [0.29, 0.717) is 19.3 Å². The summed E-state index contributed by atoms with van der Waals surface area (Å²) in [7, 11) is 0. The summed E-state index contributed by atoms with van der Waals surface area (Å²) in [5, 5.41) is 12.7. The molecule has 0 bridgehead atoms. The van der Waals surface area contributed by atoms with Crippen molar-refractivity contribution in [2.75, 3.05) is 0 Å². The fraction of sp³-hybridized carbons (Fsp3) is 0.500. The molecule has 0 aliphatic carbocycles. The Hall–Kier alpha value is -3.48. The third-order valence-electron chi connectivity index (χ3n) is 6.36. The number of rotatable bonds is 15. The van der Waals surface area contributed by atoms with Crippen molar-refractivity contribution in [3.05, 3.63) is 71.8 Å².